The van der Waals surface area contributed by atoms with Crippen molar-refractivity contribution in [2.24, 2.45) is 0 Å². The Hall–Kier alpha value is -1.83. The van der Waals surface area contributed by atoms with Gasteiger partial charge in [-0.15, -0.1) is 0 Å². The highest BCUT2D eigenvalue weighted by Crippen LogP contribution is 2.26. The number of rotatable bonds is 2. The molecule has 0 saturated carbocycles. The van der Waals surface area contributed by atoms with Crippen LogP contribution in [0.4, 0.5) is 10.6 Å². The summed E-state index contributed by atoms with van der Waals surface area (Å²) in [6.45, 7) is 12.5. The minimum Gasteiger partial charge on any atom is -0.444 e. The van der Waals surface area contributed by atoms with E-state index in [-0.39, 0.29) is 6.09 Å². The second-order valence-corrected chi connectivity index (χ2v) is 8.35. The van der Waals surface area contributed by atoms with Crippen LogP contribution in [0.15, 0.2) is 10.5 Å². The Balaban J connectivity index is 1.75. The van der Waals surface area contributed by atoms with Gasteiger partial charge >= 0.3 is 6.09 Å². The maximum absolute atomic E-state index is 12.2. The molecule has 2 aromatic rings. The largest absolute Gasteiger partial charge is 0.444 e. The number of aromatic nitrogens is 3. The molecule has 1 amide bonds. The van der Waals surface area contributed by atoms with Crippen LogP contribution in [0.1, 0.15) is 39.1 Å². The molecule has 0 atom stereocenters. The van der Waals surface area contributed by atoms with E-state index < -0.39 is 5.60 Å². The van der Waals surface area contributed by atoms with Crippen LogP contribution in [-0.2, 0) is 11.2 Å². The number of carbonyl (C=O) groups excluding carboxylic acids is 1. The summed E-state index contributed by atoms with van der Waals surface area (Å²) in [6, 6.07) is 2.05. The highest BCUT2D eigenvalue weighted by atomic mass is 79.9. The first-order chi connectivity index (χ1) is 12.2. The molecular formula is C18H26BrN5O2. The molecule has 8 heteroatoms. The Kier molecular flexibility index (Phi) is 5.14. The summed E-state index contributed by atoms with van der Waals surface area (Å²) in [7, 11) is 0. The summed E-state index contributed by atoms with van der Waals surface area (Å²) >= 11 is 3.63. The van der Waals surface area contributed by atoms with Gasteiger partial charge in [-0.05, 0) is 50.0 Å². The first-order valence-corrected chi connectivity index (χ1v) is 9.76. The molecule has 0 aliphatic carbocycles. The van der Waals surface area contributed by atoms with Gasteiger partial charge in [0.2, 0.25) is 0 Å². The average molecular weight is 424 g/mol. The Labute approximate surface area is 162 Å². The molecule has 1 saturated heterocycles. The molecule has 0 unspecified atom stereocenters. The molecule has 0 aromatic carbocycles. The van der Waals surface area contributed by atoms with E-state index in [2.05, 4.69) is 38.9 Å². The third-order valence-electron chi connectivity index (χ3n) is 4.35. The van der Waals surface area contributed by atoms with Crippen molar-refractivity contribution in [1.29, 1.82) is 0 Å². The van der Waals surface area contributed by atoms with Crippen molar-refractivity contribution in [2.45, 2.75) is 46.6 Å². The smallest absolute Gasteiger partial charge is 0.410 e. The number of anilines is 1. The van der Waals surface area contributed by atoms with Crippen molar-refractivity contribution in [1.82, 2.24) is 19.5 Å². The van der Waals surface area contributed by atoms with E-state index in [0.717, 1.165) is 46.8 Å². The molecule has 7 nitrogen and oxygen atoms in total. The molecule has 0 N–H and O–H groups in total. The molecular weight excluding hydrogens is 398 g/mol. The number of fused-ring (bicyclic) bond motifs is 1. The van der Waals surface area contributed by atoms with Crippen LogP contribution in [0.5, 0.6) is 0 Å². The number of ether oxygens (including phenoxy) is 1. The van der Waals surface area contributed by atoms with Gasteiger partial charge in [0.1, 0.15) is 11.4 Å². The molecule has 142 valence electrons. The van der Waals surface area contributed by atoms with Crippen molar-refractivity contribution in [3.63, 3.8) is 0 Å². The number of hydrogen-bond donors (Lipinski definition) is 0. The molecule has 0 bridgehead atoms. The quantitative estimate of drug-likeness (QED) is 0.740. The molecule has 0 radical (unpaired) electrons. The van der Waals surface area contributed by atoms with Crippen molar-refractivity contribution in [3.8, 4) is 0 Å². The van der Waals surface area contributed by atoms with Crippen molar-refractivity contribution < 1.29 is 9.53 Å². The van der Waals surface area contributed by atoms with Gasteiger partial charge in [-0.3, -0.25) is 0 Å². The van der Waals surface area contributed by atoms with Gasteiger partial charge in [0.15, 0.2) is 5.65 Å². The molecule has 1 fully saturated rings. The lowest BCUT2D eigenvalue weighted by Gasteiger charge is -2.36. The normalized spacial score (nSPS) is 15.6. The first-order valence-electron chi connectivity index (χ1n) is 8.97. The molecule has 3 heterocycles. The summed E-state index contributed by atoms with van der Waals surface area (Å²) in [4.78, 5) is 21.0. The third kappa shape index (κ3) is 3.79. The molecule has 1 aliphatic heterocycles. The SMILES string of the molecule is CCc1nn2c(C)cc(N3CCN(C(=O)OC(C)(C)C)CC3)nc2c1Br. The summed E-state index contributed by atoms with van der Waals surface area (Å²) in [5, 5.41) is 4.61. The molecule has 26 heavy (non-hydrogen) atoms. The summed E-state index contributed by atoms with van der Waals surface area (Å²) < 4.78 is 8.29. The zero-order valence-corrected chi connectivity index (χ0v) is 17.6. The highest BCUT2D eigenvalue weighted by molar-refractivity contribution is 9.10. The summed E-state index contributed by atoms with van der Waals surface area (Å²) in [5.74, 6) is 0.919. The molecule has 0 spiro atoms. The Morgan fingerprint density at radius 3 is 2.50 bits per heavy atom. The van der Waals surface area contributed by atoms with Gasteiger partial charge in [-0.2, -0.15) is 5.10 Å². The number of halogens is 1. The zero-order valence-electron chi connectivity index (χ0n) is 16.0. The molecule has 3 rings (SSSR count). The van der Waals surface area contributed by atoms with E-state index in [4.69, 9.17) is 9.72 Å². The second-order valence-electron chi connectivity index (χ2n) is 7.56. The number of amides is 1. The van der Waals surface area contributed by atoms with Gasteiger partial charge in [0, 0.05) is 37.9 Å². The number of carbonyl (C=O) groups is 1. The molecule has 2 aromatic heterocycles. The van der Waals surface area contributed by atoms with E-state index in [1.54, 1.807) is 4.90 Å². The topological polar surface area (TPSA) is 63.0 Å². The lowest BCUT2D eigenvalue weighted by molar-refractivity contribution is 0.0240. The number of hydrogen-bond acceptors (Lipinski definition) is 5. The fourth-order valence-electron chi connectivity index (χ4n) is 3.00. The zero-order chi connectivity index (χ0) is 19.1. The average Bonchev–Trinajstić information content (AvgIpc) is 2.90. The van der Waals surface area contributed by atoms with Crippen LogP contribution in [0.2, 0.25) is 0 Å². The van der Waals surface area contributed by atoms with Crippen LogP contribution in [0, 0.1) is 6.92 Å². The maximum Gasteiger partial charge on any atom is 0.410 e. The Morgan fingerprint density at radius 1 is 1.27 bits per heavy atom. The van der Waals surface area contributed by atoms with Crippen LogP contribution < -0.4 is 4.90 Å². The molecule has 1 aliphatic rings. The minimum absolute atomic E-state index is 0.247. The van der Waals surface area contributed by atoms with E-state index in [9.17, 15) is 4.79 Å². The lowest BCUT2D eigenvalue weighted by atomic mass is 10.2. The first kappa shape index (κ1) is 18.9. The van der Waals surface area contributed by atoms with E-state index in [1.165, 1.54) is 0 Å². The van der Waals surface area contributed by atoms with Crippen LogP contribution >= 0.6 is 15.9 Å². The van der Waals surface area contributed by atoms with E-state index in [1.807, 2.05) is 32.2 Å². The predicted octanol–water partition coefficient (Wildman–Crippen LogP) is 3.42. The predicted molar refractivity (Wildman–Crippen MR) is 105 cm³/mol. The van der Waals surface area contributed by atoms with E-state index >= 15 is 0 Å². The monoisotopic (exact) mass is 423 g/mol. The third-order valence-corrected chi connectivity index (χ3v) is 5.17. The number of piperazine rings is 1. The Morgan fingerprint density at radius 2 is 1.92 bits per heavy atom. The fourth-order valence-corrected chi connectivity index (χ4v) is 3.61. The van der Waals surface area contributed by atoms with Gasteiger partial charge in [0.25, 0.3) is 0 Å². The Bertz CT molecular complexity index is 819. The van der Waals surface area contributed by atoms with Crippen molar-refractivity contribution in [2.75, 3.05) is 31.1 Å². The fraction of sp³-hybridized carbons (Fsp3) is 0.611. The van der Waals surface area contributed by atoms with Crippen molar-refractivity contribution >= 4 is 33.5 Å². The second kappa shape index (κ2) is 7.06. The maximum atomic E-state index is 12.2. The van der Waals surface area contributed by atoms with Gasteiger partial charge in [-0.1, -0.05) is 6.92 Å². The van der Waals surface area contributed by atoms with Gasteiger partial charge in [-0.25, -0.2) is 14.3 Å². The standard InChI is InChI=1S/C18H26BrN5O2/c1-6-13-15(19)16-20-14(11-12(2)24(16)21-13)22-7-9-23(10-8-22)17(25)26-18(3,4)5/h11H,6-10H2,1-5H3. The van der Waals surface area contributed by atoms with E-state index in [0.29, 0.717) is 13.1 Å². The van der Waals surface area contributed by atoms with Crippen LogP contribution in [-0.4, -0.2) is 57.4 Å². The highest BCUT2D eigenvalue weighted by Gasteiger charge is 2.27. The minimum atomic E-state index is -0.469. The number of aryl methyl sites for hydroxylation is 2. The number of nitrogens with zero attached hydrogens (tertiary/aromatic N) is 5. The van der Waals surface area contributed by atoms with Crippen LogP contribution in [0.25, 0.3) is 5.65 Å². The van der Waals surface area contributed by atoms with Crippen LogP contribution in [0.3, 0.4) is 0 Å². The summed E-state index contributed by atoms with van der Waals surface area (Å²) in [6.07, 6.45) is 0.607. The van der Waals surface area contributed by atoms with Gasteiger partial charge < -0.3 is 14.5 Å². The summed E-state index contributed by atoms with van der Waals surface area (Å²) in [5.41, 5.74) is 2.42. The lowest BCUT2D eigenvalue weighted by Crippen LogP contribution is -2.50. The van der Waals surface area contributed by atoms with Crippen molar-refractivity contribution in [3.05, 3.63) is 21.9 Å². The van der Waals surface area contributed by atoms with Gasteiger partial charge in [0.05, 0.1) is 10.2 Å².